The summed E-state index contributed by atoms with van der Waals surface area (Å²) in [5.74, 6) is -1.54. The number of carbonyl (C=O) groups is 3. The van der Waals surface area contributed by atoms with Gasteiger partial charge in [0.1, 0.15) is 6.61 Å². The number of hydrogen-bond acceptors (Lipinski definition) is 6. The van der Waals surface area contributed by atoms with Crippen LogP contribution in [-0.4, -0.2) is 80.6 Å². The molecular weight excluding hydrogens is 594 g/mol. The van der Waals surface area contributed by atoms with Crippen molar-refractivity contribution in [2.75, 3.05) is 41.0 Å². The summed E-state index contributed by atoms with van der Waals surface area (Å²) in [5.41, 5.74) is 0. The SMILES string of the molecule is CC/C=C/C/C=C/CCCCC(=O)OC(COCCC(C(=O)O)[N+](C)(C)C)COC(=O)CCCCC/C=C/CCCCCCCCC. The van der Waals surface area contributed by atoms with E-state index in [1.54, 1.807) is 0 Å². The fourth-order valence-electron chi connectivity index (χ4n) is 5.12. The van der Waals surface area contributed by atoms with E-state index in [2.05, 4.69) is 50.3 Å². The van der Waals surface area contributed by atoms with Crippen molar-refractivity contribution < 1.29 is 38.2 Å². The maximum Gasteiger partial charge on any atom is 0.362 e. The maximum absolute atomic E-state index is 12.6. The number of ether oxygens (including phenoxy) is 3. The van der Waals surface area contributed by atoms with Crippen LogP contribution in [0.4, 0.5) is 0 Å². The molecule has 0 saturated carbocycles. The van der Waals surface area contributed by atoms with Crippen LogP contribution >= 0.6 is 0 Å². The molecule has 0 bridgehead atoms. The van der Waals surface area contributed by atoms with Crippen LogP contribution in [0.2, 0.25) is 0 Å². The lowest BCUT2D eigenvalue weighted by molar-refractivity contribution is -0.887. The molecule has 2 unspecified atom stereocenters. The van der Waals surface area contributed by atoms with Gasteiger partial charge in [0.25, 0.3) is 0 Å². The minimum atomic E-state index is -0.884. The summed E-state index contributed by atoms with van der Waals surface area (Å²) < 4.78 is 17.1. The van der Waals surface area contributed by atoms with Gasteiger partial charge in [0.15, 0.2) is 12.1 Å². The van der Waals surface area contributed by atoms with Gasteiger partial charge < -0.3 is 23.8 Å². The van der Waals surface area contributed by atoms with Crippen molar-refractivity contribution in [2.45, 2.75) is 154 Å². The fourth-order valence-corrected chi connectivity index (χ4v) is 5.12. The largest absolute Gasteiger partial charge is 0.477 e. The number of rotatable bonds is 32. The van der Waals surface area contributed by atoms with Crippen molar-refractivity contribution in [3.8, 4) is 0 Å². The first-order valence-corrected chi connectivity index (χ1v) is 18.5. The highest BCUT2D eigenvalue weighted by Crippen LogP contribution is 2.12. The highest BCUT2D eigenvalue weighted by atomic mass is 16.6. The highest BCUT2D eigenvalue weighted by molar-refractivity contribution is 5.72. The van der Waals surface area contributed by atoms with Gasteiger partial charge in [-0.1, -0.05) is 95.2 Å². The first-order valence-electron chi connectivity index (χ1n) is 18.5. The van der Waals surface area contributed by atoms with Gasteiger partial charge in [0, 0.05) is 19.3 Å². The van der Waals surface area contributed by atoms with E-state index in [-0.39, 0.29) is 42.7 Å². The number of likely N-dealkylation sites (N-methyl/N-ethyl adjacent to an activating group) is 1. The third kappa shape index (κ3) is 29.4. The van der Waals surface area contributed by atoms with Crippen LogP contribution in [0.15, 0.2) is 36.5 Å². The number of allylic oxidation sites excluding steroid dienone is 6. The Bertz CT molecular complexity index is 875. The van der Waals surface area contributed by atoms with Gasteiger partial charge in [-0.3, -0.25) is 9.59 Å². The number of nitrogens with zero attached hydrogens (tertiary/aromatic N) is 1. The molecular formula is C39H70NO7+. The molecule has 0 aliphatic heterocycles. The standard InChI is InChI=1S/C39H69NO7/c1-6-8-10-12-14-16-17-18-19-20-22-23-25-27-29-37(41)46-34-35(33-45-32-31-36(39(43)44)40(3,4)5)47-38(42)30-28-26-24-21-15-13-11-9-7-2/h9,11,15,19-21,35-36H,6-8,10,12-14,16-18,22-34H2,1-5H3/p+1/b11-9+,20-19+,21-15+. The molecule has 0 aliphatic carbocycles. The average molecular weight is 665 g/mol. The third-order valence-electron chi connectivity index (χ3n) is 8.02. The quantitative estimate of drug-likeness (QED) is 0.0331. The Hall–Kier alpha value is -2.45. The average Bonchev–Trinajstić information content (AvgIpc) is 3.01. The van der Waals surface area contributed by atoms with Gasteiger partial charge in [-0.2, -0.15) is 0 Å². The second-order valence-corrected chi connectivity index (χ2v) is 13.4. The molecule has 8 nitrogen and oxygen atoms in total. The lowest BCUT2D eigenvalue weighted by Gasteiger charge is -2.31. The number of esters is 2. The molecule has 0 aliphatic rings. The highest BCUT2D eigenvalue weighted by Gasteiger charge is 2.31. The molecule has 0 amide bonds. The zero-order valence-corrected chi connectivity index (χ0v) is 30.7. The summed E-state index contributed by atoms with van der Waals surface area (Å²) >= 11 is 0. The van der Waals surface area contributed by atoms with Gasteiger partial charge in [0.2, 0.25) is 0 Å². The summed E-state index contributed by atoms with van der Waals surface area (Å²) in [6.45, 7) is 4.53. The van der Waals surface area contributed by atoms with Crippen LogP contribution < -0.4 is 0 Å². The zero-order chi connectivity index (χ0) is 35.0. The topological polar surface area (TPSA) is 99.1 Å². The van der Waals surface area contributed by atoms with E-state index in [4.69, 9.17) is 14.2 Å². The Labute approximate surface area is 287 Å². The Balaban J connectivity index is 4.46. The van der Waals surface area contributed by atoms with Crippen molar-refractivity contribution in [2.24, 2.45) is 0 Å². The Morgan fingerprint density at radius 1 is 0.660 bits per heavy atom. The van der Waals surface area contributed by atoms with Crippen molar-refractivity contribution in [1.82, 2.24) is 0 Å². The second kappa shape index (κ2) is 30.9. The molecule has 0 aromatic heterocycles. The van der Waals surface area contributed by atoms with E-state index in [1.807, 2.05) is 21.1 Å². The summed E-state index contributed by atoms with van der Waals surface area (Å²) in [6.07, 6.45) is 32.0. The lowest BCUT2D eigenvalue weighted by Crippen LogP contribution is -2.50. The summed E-state index contributed by atoms with van der Waals surface area (Å²) in [7, 11) is 5.49. The van der Waals surface area contributed by atoms with Crippen molar-refractivity contribution in [3.63, 3.8) is 0 Å². The number of carboxylic acid groups (broad SMARTS) is 1. The van der Waals surface area contributed by atoms with E-state index in [0.29, 0.717) is 19.3 Å². The van der Waals surface area contributed by atoms with Gasteiger partial charge in [-0.05, 0) is 64.2 Å². The molecule has 0 radical (unpaired) electrons. The molecule has 47 heavy (non-hydrogen) atoms. The number of hydrogen-bond donors (Lipinski definition) is 1. The van der Waals surface area contributed by atoms with Crippen LogP contribution in [0.25, 0.3) is 0 Å². The molecule has 0 saturated heterocycles. The number of aliphatic carboxylic acids is 1. The lowest BCUT2D eigenvalue weighted by atomic mass is 10.1. The fraction of sp³-hybridized carbons (Fsp3) is 0.769. The summed E-state index contributed by atoms with van der Waals surface area (Å²) in [4.78, 5) is 36.6. The van der Waals surface area contributed by atoms with E-state index in [0.717, 1.165) is 57.8 Å². The first kappa shape index (κ1) is 44.5. The van der Waals surface area contributed by atoms with Crippen LogP contribution in [0, 0.1) is 0 Å². The van der Waals surface area contributed by atoms with E-state index in [1.165, 1.54) is 44.9 Å². The smallest absolute Gasteiger partial charge is 0.362 e. The van der Waals surface area contributed by atoms with Gasteiger partial charge in [-0.25, -0.2) is 4.79 Å². The normalized spacial score (nSPS) is 13.5. The molecule has 8 heteroatoms. The van der Waals surface area contributed by atoms with Crippen LogP contribution in [-0.2, 0) is 28.6 Å². The van der Waals surface area contributed by atoms with Crippen LogP contribution in [0.5, 0.6) is 0 Å². The molecule has 0 aromatic rings. The van der Waals surface area contributed by atoms with Gasteiger partial charge in [-0.15, -0.1) is 0 Å². The van der Waals surface area contributed by atoms with E-state index in [9.17, 15) is 19.5 Å². The van der Waals surface area contributed by atoms with Crippen molar-refractivity contribution in [3.05, 3.63) is 36.5 Å². The molecule has 0 aromatic carbocycles. The monoisotopic (exact) mass is 665 g/mol. The first-order chi connectivity index (χ1) is 22.6. The van der Waals surface area contributed by atoms with Crippen LogP contribution in [0.3, 0.4) is 0 Å². The Morgan fingerprint density at radius 2 is 1.19 bits per heavy atom. The third-order valence-corrected chi connectivity index (χ3v) is 8.02. The molecule has 2 atom stereocenters. The second-order valence-electron chi connectivity index (χ2n) is 13.4. The predicted octanol–water partition coefficient (Wildman–Crippen LogP) is 9.13. The summed E-state index contributed by atoms with van der Waals surface area (Å²) in [5, 5.41) is 9.56. The van der Waals surface area contributed by atoms with E-state index < -0.39 is 18.1 Å². The zero-order valence-electron chi connectivity index (χ0n) is 30.7. The summed E-state index contributed by atoms with van der Waals surface area (Å²) in [6, 6.07) is -0.619. The van der Waals surface area contributed by atoms with E-state index >= 15 is 0 Å². The van der Waals surface area contributed by atoms with Gasteiger partial charge in [0.05, 0.1) is 34.4 Å². The number of unbranched alkanes of at least 4 members (excludes halogenated alkanes) is 12. The molecule has 1 N–H and O–H groups in total. The molecule has 0 spiro atoms. The molecule has 0 rings (SSSR count). The Kier molecular flexibility index (Phi) is 29.2. The van der Waals surface area contributed by atoms with Gasteiger partial charge >= 0.3 is 17.9 Å². The Morgan fingerprint density at radius 3 is 1.81 bits per heavy atom. The van der Waals surface area contributed by atoms with Crippen molar-refractivity contribution >= 4 is 17.9 Å². The number of carbonyl (C=O) groups excluding carboxylic acids is 2. The minimum absolute atomic E-state index is 0.0434. The number of carboxylic acids is 1. The van der Waals surface area contributed by atoms with Crippen molar-refractivity contribution in [1.29, 1.82) is 0 Å². The predicted molar refractivity (Wildman–Crippen MR) is 192 cm³/mol. The minimum Gasteiger partial charge on any atom is -0.477 e. The van der Waals surface area contributed by atoms with Crippen LogP contribution in [0.1, 0.15) is 142 Å². The number of quaternary nitrogens is 1. The maximum atomic E-state index is 12.6. The molecule has 0 heterocycles. The molecule has 0 fully saturated rings. The molecule has 272 valence electrons.